The first-order chi connectivity index (χ1) is 50.5. The largest absolute Gasteiger partial charge is 0.493 e. The van der Waals surface area contributed by atoms with Gasteiger partial charge in [0.2, 0.25) is 41.4 Å². The van der Waals surface area contributed by atoms with Crippen molar-refractivity contribution < 1.29 is 62.1 Å². The first-order valence-corrected chi connectivity index (χ1v) is 40.5. The van der Waals surface area contributed by atoms with Crippen LogP contribution in [0.1, 0.15) is 322 Å². The SMILES string of the molecule is CC(C)(C)C#CCNC(=O)C(C)(C)C.CC(C)(C)C#CCNC(=O)COCC(C)(C)C.CC(C)(C)CC(=O)NCNC(=O)CC(C)(C)C.CC(C)(C)CNC(=O)CC(C)(C)C.CC(C)(C)CNC(=O)OCC(C)(C)C.CC(C)(C)CNC(=O)OCC(C)(C)C.CC(C)(C)COc1cccc(CC(=O)NCNC(=O)CC(C)(C)C)c1. The van der Waals surface area contributed by atoms with E-state index in [0.29, 0.717) is 78.3 Å². The number of rotatable bonds is 22. The van der Waals surface area contributed by atoms with Crippen molar-refractivity contribution in [1.29, 1.82) is 0 Å². The van der Waals surface area contributed by atoms with Gasteiger partial charge in [-0.3, -0.25) is 33.6 Å². The standard InChI is InChI=1S/C20H32N2O3.C14H25NO2.C13H26N2O2.C12H21NO.2C11H23NO2.C11H23NO/c1-19(2,3)12-18(24)22-14-21-17(23)11-15-8-7-9-16(10-15)25-13-20(4,5)6;1-13(2,3)8-7-9-15-12(16)10-17-11-14(4,5)6;1-12(2,3)7-10(16)14-9-15-11(17)8-13(4,5)6;1-11(2,3)8-7-9-13-10(14)12(4,5)6;2*1-10(2,3)7-12-9(13)14-8-11(4,5)6;1-10(2,3)7-9(13)12-8-11(4,5)6/h7-10H,11-14H2,1-6H3,(H,21,23)(H,22,24);9-11H2,1-6H3,(H,15,16);7-9H2,1-6H3,(H,14,16)(H,15,17);9H2,1-6H3,(H,13,14);2*7-8H2,1-6H3,(H,12,13);7-8H2,1-6H3,(H,12,13). The van der Waals surface area contributed by atoms with Gasteiger partial charge in [0.25, 0.3) is 0 Å². The molecule has 0 spiro atoms. The topological polar surface area (TPSA) is 299 Å². The summed E-state index contributed by atoms with van der Waals surface area (Å²) in [7, 11) is 0. The van der Waals surface area contributed by atoms with Crippen LogP contribution < -0.4 is 52.6 Å². The van der Waals surface area contributed by atoms with Crippen LogP contribution in [0.4, 0.5) is 9.59 Å². The molecule has 22 nitrogen and oxygen atoms in total. The van der Waals surface area contributed by atoms with Gasteiger partial charge in [-0.25, -0.2) is 9.59 Å². The number of benzene rings is 1. The van der Waals surface area contributed by atoms with E-state index in [2.05, 4.69) is 196 Å². The Balaban J connectivity index is -0.000000302. The fourth-order valence-corrected chi connectivity index (χ4v) is 7.31. The number of carbonyl (C=O) groups excluding carboxylic acids is 9. The summed E-state index contributed by atoms with van der Waals surface area (Å²) in [5.74, 6) is 12.6. The normalized spacial score (nSPS) is 12.1. The van der Waals surface area contributed by atoms with Gasteiger partial charge in [-0.2, -0.15) is 0 Å². The van der Waals surface area contributed by atoms with Gasteiger partial charge in [-0.15, -0.1) is 0 Å². The van der Waals surface area contributed by atoms with Crippen LogP contribution in [0.3, 0.4) is 0 Å². The van der Waals surface area contributed by atoms with E-state index >= 15 is 0 Å². The molecular weight excluding hydrogens is 1440 g/mol. The zero-order valence-electron chi connectivity index (χ0n) is 80.6. The van der Waals surface area contributed by atoms with Crippen molar-refractivity contribution in [1.82, 2.24) is 47.9 Å². The molecule has 9 N–H and O–H groups in total. The quantitative estimate of drug-likeness (QED) is 0.0386. The van der Waals surface area contributed by atoms with Crippen LogP contribution in [-0.2, 0) is 54.2 Å². The summed E-state index contributed by atoms with van der Waals surface area (Å²) >= 11 is 0. The second-order valence-corrected chi connectivity index (χ2v) is 45.7. The Hall–Kier alpha value is -7.07. The molecule has 0 heterocycles. The number of carbonyl (C=O) groups is 9. The second kappa shape index (κ2) is 53.3. The molecule has 22 heteroatoms. The average Bonchev–Trinajstić information content (AvgIpc) is 0.911. The number of alkyl carbamates (subject to hydrolysis) is 2. The van der Waals surface area contributed by atoms with E-state index in [4.69, 9.17) is 18.9 Å². The van der Waals surface area contributed by atoms with Crippen molar-refractivity contribution in [3.63, 3.8) is 0 Å². The molecule has 0 unspecified atom stereocenters. The van der Waals surface area contributed by atoms with Crippen LogP contribution in [0.5, 0.6) is 5.75 Å². The highest BCUT2D eigenvalue weighted by atomic mass is 16.6. The van der Waals surface area contributed by atoms with Crippen LogP contribution in [0.25, 0.3) is 0 Å². The van der Waals surface area contributed by atoms with Gasteiger partial charge in [0, 0.05) is 61.6 Å². The van der Waals surface area contributed by atoms with Crippen LogP contribution in [0.2, 0.25) is 0 Å². The summed E-state index contributed by atoms with van der Waals surface area (Å²) in [5.41, 5.74) is 1.09. The lowest BCUT2D eigenvalue weighted by Crippen LogP contribution is -2.39. The Morgan fingerprint density at radius 3 is 0.921 bits per heavy atom. The maximum absolute atomic E-state index is 12.0. The lowest BCUT2D eigenvalue weighted by Gasteiger charge is -2.21. The van der Waals surface area contributed by atoms with Crippen molar-refractivity contribution in [3.8, 4) is 29.4 Å². The van der Waals surface area contributed by atoms with Crippen LogP contribution in [0.15, 0.2) is 24.3 Å². The Labute approximate surface area is 697 Å². The van der Waals surface area contributed by atoms with Gasteiger partial charge in [0.05, 0.1) is 59.3 Å². The lowest BCUT2D eigenvalue weighted by molar-refractivity contribution is -0.128. The molecule has 664 valence electrons. The maximum atomic E-state index is 12.0. The fourth-order valence-electron chi connectivity index (χ4n) is 7.31. The highest BCUT2D eigenvalue weighted by Crippen LogP contribution is 2.24. The maximum Gasteiger partial charge on any atom is 0.407 e. The smallest absolute Gasteiger partial charge is 0.407 e. The number of ether oxygens (including phenoxy) is 4. The molecule has 0 aliphatic rings. The molecule has 9 amide bonds. The van der Waals surface area contributed by atoms with Crippen molar-refractivity contribution in [2.75, 3.05) is 79.1 Å². The summed E-state index contributed by atoms with van der Waals surface area (Å²) < 4.78 is 21.2. The molecule has 0 atom stereocenters. The van der Waals surface area contributed by atoms with Gasteiger partial charge in [-0.05, 0) is 119 Å². The number of amides is 9. The van der Waals surface area contributed by atoms with Gasteiger partial charge in [-0.1, -0.05) is 285 Å². The van der Waals surface area contributed by atoms with Crippen molar-refractivity contribution >= 4 is 53.5 Å². The van der Waals surface area contributed by atoms with Crippen LogP contribution in [0, 0.1) is 99.5 Å². The Morgan fingerprint density at radius 2 is 0.623 bits per heavy atom. The van der Waals surface area contributed by atoms with Gasteiger partial charge < -0.3 is 66.8 Å². The minimum atomic E-state index is -0.330. The summed E-state index contributed by atoms with van der Waals surface area (Å²) in [4.78, 5) is 103. The number of hydrogen-bond donors (Lipinski definition) is 9. The van der Waals surface area contributed by atoms with Gasteiger partial charge >= 0.3 is 12.2 Å². The molecule has 0 saturated heterocycles. The lowest BCUT2D eigenvalue weighted by atomic mass is 9.91. The monoisotopic (exact) mass is 1610 g/mol. The molecule has 0 aliphatic heterocycles. The molecule has 0 aromatic heterocycles. The fraction of sp³-hybridized carbons (Fsp3) is 0.793. The first kappa shape index (κ1) is 118. The van der Waals surface area contributed by atoms with Crippen molar-refractivity contribution in [2.45, 2.75) is 323 Å². The second-order valence-electron chi connectivity index (χ2n) is 45.7. The molecule has 0 aliphatic carbocycles. The molecule has 1 aromatic carbocycles. The molecule has 0 fully saturated rings. The third kappa shape index (κ3) is 105. The van der Waals surface area contributed by atoms with E-state index in [1.165, 1.54) is 0 Å². The van der Waals surface area contributed by atoms with E-state index < -0.39 is 0 Å². The third-order valence-electron chi connectivity index (χ3n) is 12.5. The van der Waals surface area contributed by atoms with Crippen molar-refractivity contribution in [3.05, 3.63) is 29.8 Å². The minimum absolute atomic E-state index is 0.00641. The molecule has 0 saturated carbocycles. The molecular formula is C92H173N9O13. The first-order valence-electron chi connectivity index (χ1n) is 40.5. The Kier molecular flexibility index (Phi) is 55.1. The van der Waals surface area contributed by atoms with Gasteiger partial charge in [0.1, 0.15) is 12.4 Å². The molecule has 1 aromatic rings. The summed E-state index contributed by atoms with van der Waals surface area (Å²) in [6.45, 7) is 91.0. The summed E-state index contributed by atoms with van der Waals surface area (Å²) in [6, 6.07) is 7.54. The Morgan fingerprint density at radius 1 is 0.316 bits per heavy atom. The van der Waals surface area contributed by atoms with E-state index in [1.54, 1.807) is 0 Å². The predicted molar refractivity (Wildman–Crippen MR) is 473 cm³/mol. The molecule has 1 rings (SSSR count). The highest BCUT2D eigenvalue weighted by Gasteiger charge is 2.24. The number of hydrogen-bond acceptors (Lipinski definition) is 13. The minimum Gasteiger partial charge on any atom is -0.493 e. The molecule has 114 heavy (non-hydrogen) atoms. The highest BCUT2D eigenvalue weighted by molar-refractivity contribution is 5.82. The predicted octanol–water partition coefficient (Wildman–Crippen LogP) is 17.9. The Bertz CT molecular complexity index is 2980. The van der Waals surface area contributed by atoms with Crippen LogP contribution in [-0.4, -0.2) is 133 Å². The van der Waals surface area contributed by atoms with E-state index in [1.807, 2.05) is 190 Å². The van der Waals surface area contributed by atoms with E-state index in [-0.39, 0.29) is 156 Å². The summed E-state index contributed by atoms with van der Waals surface area (Å²) in [6.07, 6.45) is 1.55. The molecule has 0 radical (unpaired) electrons. The number of nitrogens with one attached hydrogen (secondary N) is 9. The van der Waals surface area contributed by atoms with E-state index in [9.17, 15) is 43.2 Å². The third-order valence-corrected chi connectivity index (χ3v) is 12.5. The molecule has 0 bridgehead atoms. The zero-order chi connectivity index (χ0) is 91.2. The zero-order valence-corrected chi connectivity index (χ0v) is 80.6. The average molecular weight is 1610 g/mol. The van der Waals surface area contributed by atoms with Gasteiger partial charge in [0.15, 0.2) is 0 Å². The van der Waals surface area contributed by atoms with Crippen LogP contribution >= 0.6 is 0 Å². The summed E-state index contributed by atoms with van der Waals surface area (Å²) in [5, 5.41) is 24.7. The van der Waals surface area contributed by atoms with E-state index in [0.717, 1.165) is 17.9 Å². The van der Waals surface area contributed by atoms with Crippen molar-refractivity contribution in [2.24, 2.45) is 75.8 Å².